The van der Waals surface area contributed by atoms with Gasteiger partial charge >= 0.3 is 0 Å². The second-order valence-electron chi connectivity index (χ2n) is 10.1. The Kier molecular flexibility index (Phi) is 9.87. The summed E-state index contributed by atoms with van der Waals surface area (Å²) in [5.41, 5.74) is 1.90. The highest BCUT2D eigenvalue weighted by Crippen LogP contribution is 2.28. The zero-order chi connectivity index (χ0) is 28.7. The molecule has 4 rings (SSSR count). The topological polar surface area (TPSA) is 86.8 Å². The van der Waals surface area contributed by atoms with Crippen LogP contribution in [-0.2, 0) is 32.6 Å². The number of hydrogen-bond donors (Lipinski definition) is 1. The number of amides is 2. The van der Waals surface area contributed by atoms with Gasteiger partial charge < -0.3 is 10.2 Å². The molecule has 2 amide bonds. The molecule has 0 bridgehead atoms. The number of carbonyl (C=O) groups excluding carboxylic acids is 2. The molecular formula is C31H36ClN3O4S. The van der Waals surface area contributed by atoms with E-state index in [4.69, 9.17) is 11.6 Å². The van der Waals surface area contributed by atoms with Gasteiger partial charge in [0, 0.05) is 17.6 Å². The van der Waals surface area contributed by atoms with Crippen molar-refractivity contribution in [2.45, 2.75) is 69.5 Å². The van der Waals surface area contributed by atoms with Crippen LogP contribution in [0.25, 0.3) is 0 Å². The fourth-order valence-electron chi connectivity index (χ4n) is 5.07. The minimum atomic E-state index is -4.10. The number of benzene rings is 3. The summed E-state index contributed by atoms with van der Waals surface area (Å²) in [7, 11) is -4.10. The van der Waals surface area contributed by atoms with Crippen LogP contribution in [0.2, 0.25) is 5.02 Å². The quantitative estimate of drug-likeness (QED) is 0.320. The molecule has 40 heavy (non-hydrogen) atoms. The van der Waals surface area contributed by atoms with Crippen LogP contribution in [0.1, 0.15) is 50.7 Å². The number of sulfonamides is 1. The van der Waals surface area contributed by atoms with E-state index in [1.165, 1.54) is 17.0 Å². The Bertz CT molecular complexity index is 1430. The number of rotatable bonds is 11. The van der Waals surface area contributed by atoms with Crippen molar-refractivity contribution in [1.29, 1.82) is 0 Å². The fourth-order valence-corrected chi connectivity index (χ4v) is 6.74. The number of aryl methyl sites for hydroxylation is 1. The first-order valence-corrected chi connectivity index (χ1v) is 15.5. The first-order valence-electron chi connectivity index (χ1n) is 13.7. The van der Waals surface area contributed by atoms with Crippen molar-refractivity contribution in [3.8, 4) is 0 Å². The van der Waals surface area contributed by atoms with Gasteiger partial charge in [-0.1, -0.05) is 86.0 Å². The first kappa shape index (κ1) is 29.6. The molecule has 0 heterocycles. The van der Waals surface area contributed by atoms with Crippen molar-refractivity contribution < 1.29 is 18.0 Å². The maximum Gasteiger partial charge on any atom is 0.264 e. The van der Waals surface area contributed by atoms with E-state index >= 15 is 0 Å². The number of halogens is 1. The number of anilines is 1. The highest BCUT2D eigenvalue weighted by atomic mass is 35.5. The van der Waals surface area contributed by atoms with Crippen LogP contribution >= 0.6 is 11.6 Å². The predicted octanol–water partition coefficient (Wildman–Crippen LogP) is 5.57. The van der Waals surface area contributed by atoms with E-state index in [1.807, 2.05) is 25.1 Å². The van der Waals surface area contributed by atoms with Crippen LogP contribution in [0, 0.1) is 0 Å². The SMILES string of the molecule is CCc1ccccc1N(CC(=O)N(Cc1ccccc1Cl)C(C)C(=O)NC1CCCC1)S(=O)(=O)c1ccccc1. The molecular weight excluding hydrogens is 546 g/mol. The molecule has 1 N–H and O–H groups in total. The van der Waals surface area contributed by atoms with Crippen LogP contribution in [0.3, 0.4) is 0 Å². The van der Waals surface area contributed by atoms with Gasteiger partial charge in [-0.15, -0.1) is 0 Å². The van der Waals surface area contributed by atoms with Crippen LogP contribution < -0.4 is 9.62 Å². The van der Waals surface area contributed by atoms with Gasteiger partial charge in [-0.2, -0.15) is 0 Å². The summed E-state index contributed by atoms with van der Waals surface area (Å²) in [6, 6.07) is 21.6. The average molecular weight is 582 g/mol. The molecule has 0 radical (unpaired) electrons. The molecule has 1 unspecified atom stereocenters. The van der Waals surface area contributed by atoms with E-state index in [2.05, 4.69) is 5.32 Å². The van der Waals surface area contributed by atoms with Crippen molar-refractivity contribution in [2.24, 2.45) is 0 Å². The van der Waals surface area contributed by atoms with Crippen molar-refractivity contribution >= 4 is 39.1 Å². The predicted molar refractivity (Wildman–Crippen MR) is 159 cm³/mol. The molecule has 212 valence electrons. The number of hydrogen-bond acceptors (Lipinski definition) is 4. The molecule has 3 aromatic rings. The molecule has 3 aromatic carbocycles. The highest BCUT2D eigenvalue weighted by Gasteiger charge is 2.34. The van der Waals surface area contributed by atoms with Gasteiger partial charge in [0.25, 0.3) is 10.0 Å². The van der Waals surface area contributed by atoms with E-state index in [0.29, 0.717) is 22.7 Å². The average Bonchev–Trinajstić information content (AvgIpc) is 3.48. The van der Waals surface area contributed by atoms with E-state index in [1.54, 1.807) is 55.5 Å². The third kappa shape index (κ3) is 6.85. The summed E-state index contributed by atoms with van der Waals surface area (Å²) in [5, 5.41) is 3.54. The number of nitrogens with zero attached hydrogens (tertiary/aromatic N) is 2. The minimum Gasteiger partial charge on any atom is -0.352 e. The number of nitrogens with one attached hydrogen (secondary N) is 1. The highest BCUT2D eigenvalue weighted by molar-refractivity contribution is 7.92. The Morgan fingerprint density at radius 1 is 0.925 bits per heavy atom. The molecule has 1 atom stereocenters. The maximum atomic E-state index is 14.1. The second kappa shape index (κ2) is 13.3. The van der Waals surface area contributed by atoms with Gasteiger partial charge in [-0.05, 0) is 61.6 Å². The minimum absolute atomic E-state index is 0.0619. The Labute approximate surface area is 242 Å². The molecule has 7 nitrogen and oxygen atoms in total. The smallest absolute Gasteiger partial charge is 0.264 e. The zero-order valence-electron chi connectivity index (χ0n) is 22.9. The normalized spacial score (nSPS) is 14.5. The van der Waals surface area contributed by atoms with Gasteiger partial charge in [-0.3, -0.25) is 13.9 Å². The molecule has 9 heteroatoms. The van der Waals surface area contributed by atoms with Gasteiger partial charge in [0.1, 0.15) is 12.6 Å². The fraction of sp³-hybridized carbons (Fsp3) is 0.355. The Hall–Kier alpha value is -3.36. The lowest BCUT2D eigenvalue weighted by molar-refractivity contribution is -0.139. The van der Waals surface area contributed by atoms with Crippen LogP contribution in [0.4, 0.5) is 5.69 Å². The molecule has 0 aliphatic heterocycles. The Morgan fingerprint density at radius 3 is 2.17 bits per heavy atom. The lowest BCUT2D eigenvalue weighted by Gasteiger charge is -2.33. The van der Waals surface area contributed by atoms with E-state index < -0.39 is 28.5 Å². The molecule has 1 aliphatic rings. The molecule has 0 spiro atoms. The molecule has 1 fully saturated rings. The van der Waals surface area contributed by atoms with E-state index in [9.17, 15) is 18.0 Å². The lowest BCUT2D eigenvalue weighted by Crippen LogP contribution is -2.52. The molecule has 0 saturated heterocycles. The summed E-state index contributed by atoms with van der Waals surface area (Å²) in [6.45, 7) is 3.20. The molecule has 1 aliphatic carbocycles. The molecule has 0 aromatic heterocycles. The summed E-state index contributed by atoms with van der Waals surface area (Å²) < 4.78 is 29.1. The van der Waals surface area contributed by atoms with Gasteiger partial charge in [-0.25, -0.2) is 8.42 Å². The van der Waals surface area contributed by atoms with Crippen molar-refractivity contribution in [2.75, 3.05) is 10.8 Å². The van der Waals surface area contributed by atoms with Gasteiger partial charge in [0.05, 0.1) is 10.6 Å². The third-order valence-electron chi connectivity index (χ3n) is 7.42. The number of para-hydroxylation sites is 1. The Morgan fingerprint density at radius 2 is 1.52 bits per heavy atom. The van der Waals surface area contributed by atoms with Crippen LogP contribution in [0.15, 0.2) is 83.8 Å². The van der Waals surface area contributed by atoms with Gasteiger partial charge in [0.2, 0.25) is 11.8 Å². The summed E-state index contributed by atoms with van der Waals surface area (Å²) in [6.07, 6.45) is 4.52. The van der Waals surface area contributed by atoms with Crippen molar-refractivity contribution in [3.05, 3.63) is 95.0 Å². The number of carbonyl (C=O) groups is 2. The first-order chi connectivity index (χ1) is 19.2. The van der Waals surface area contributed by atoms with Crippen molar-refractivity contribution in [3.63, 3.8) is 0 Å². The standard InChI is InChI=1S/C31H36ClN3O4S/c1-3-24-13-8-12-20-29(24)35(40(38,39)27-17-5-4-6-18-27)22-30(36)34(21-25-14-7-11-19-28(25)32)23(2)31(37)33-26-15-9-10-16-26/h4-8,11-14,17-20,23,26H,3,9-10,15-16,21-22H2,1-2H3,(H,33,37). The summed E-state index contributed by atoms with van der Waals surface area (Å²) in [4.78, 5) is 28.9. The van der Waals surface area contributed by atoms with Gasteiger partial charge in [0.15, 0.2) is 0 Å². The monoisotopic (exact) mass is 581 g/mol. The Balaban J connectivity index is 1.71. The van der Waals surface area contributed by atoms with Crippen LogP contribution in [0.5, 0.6) is 0 Å². The van der Waals surface area contributed by atoms with E-state index in [0.717, 1.165) is 35.6 Å². The summed E-state index contributed by atoms with van der Waals surface area (Å²) in [5.74, 6) is -0.766. The largest absolute Gasteiger partial charge is 0.352 e. The third-order valence-corrected chi connectivity index (χ3v) is 9.56. The van der Waals surface area contributed by atoms with Crippen molar-refractivity contribution in [1.82, 2.24) is 10.2 Å². The van der Waals surface area contributed by atoms with E-state index in [-0.39, 0.29) is 23.4 Å². The summed E-state index contributed by atoms with van der Waals surface area (Å²) >= 11 is 6.44. The maximum absolute atomic E-state index is 14.1. The van der Waals surface area contributed by atoms with Crippen LogP contribution in [-0.4, -0.2) is 43.8 Å². The zero-order valence-corrected chi connectivity index (χ0v) is 24.5. The molecule has 1 saturated carbocycles. The second-order valence-corrected chi connectivity index (χ2v) is 12.4. The lowest BCUT2D eigenvalue weighted by atomic mass is 10.1.